The average Bonchev–Trinajstić information content (AvgIpc) is 2.38. The van der Waals surface area contributed by atoms with E-state index in [1.165, 1.54) is 0 Å². The number of ether oxygens (including phenoxy) is 1. The number of carbonyl (C=O) groups is 2. The molecule has 0 aromatic heterocycles. The molecule has 1 aromatic carbocycles. The van der Waals surface area contributed by atoms with Crippen LogP contribution in [0.15, 0.2) is 24.3 Å². The van der Waals surface area contributed by atoms with Crippen molar-refractivity contribution < 1.29 is 19.4 Å². The highest BCUT2D eigenvalue weighted by Gasteiger charge is 2.20. The van der Waals surface area contributed by atoms with Crippen LogP contribution in [-0.4, -0.2) is 36.2 Å². The second-order valence-electron chi connectivity index (χ2n) is 5.20. The van der Waals surface area contributed by atoms with E-state index in [1.807, 2.05) is 13.8 Å². The molecule has 0 spiro atoms. The Balaban J connectivity index is 2.49. The molecule has 0 bridgehead atoms. The normalized spacial score (nSPS) is 11.2. The zero-order valence-electron chi connectivity index (χ0n) is 12.1. The molecule has 0 aliphatic heterocycles. The summed E-state index contributed by atoms with van der Waals surface area (Å²) in [5.41, 5.74) is 0.494. The molecule has 0 atom stereocenters. The summed E-state index contributed by atoms with van der Waals surface area (Å²) in [6.45, 7) is 4.08. The van der Waals surface area contributed by atoms with Crippen molar-refractivity contribution in [1.29, 1.82) is 0 Å². The fraction of sp³-hybridized carbons (Fsp3) is 0.467. The van der Waals surface area contributed by atoms with Crippen molar-refractivity contribution in [2.75, 3.05) is 13.7 Å². The second-order valence-corrected chi connectivity index (χ2v) is 5.20. The fourth-order valence-corrected chi connectivity index (χ4v) is 1.80. The van der Waals surface area contributed by atoms with Gasteiger partial charge in [-0.05, 0) is 31.9 Å². The molecule has 0 saturated heterocycles. The van der Waals surface area contributed by atoms with Crippen LogP contribution in [0.2, 0.25) is 0 Å². The van der Waals surface area contributed by atoms with Gasteiger partial charge in [-0.3, -0.25) is 4.79 Å². The number of methoxy groups -OCH3 is 1. The van der Waals surface area contributed by atoms with Crippen molar-refractivity contribution in [3.05, 3.63) is 35.4 Å². The zero-order chi connectivity index (χ0) is 15.2. The number of aromatic carboxylic acids is 1. The first-order valence-electron chi connectivity index (χ1n) is 6.49. The second kappa shape index (κ2) is 7.05. The molecule has 5 heteroatoms. The van der Waals surface area contributed by atoms with E-state index >= 15 is 0 Å². The predicted molar refractivity (Wildman–Crippen MR) is 75.8 cm³/mol. The fourth-order valence-electron chi connectivity index (χ4n) is 1.80. The Morgan fingerprint density at radius 3 is 2.55 bits per heavy atom. The molecule has 110 valence electrons. The molecule has 0 aliphatic carbocycles. The Kier molecular flexibility index (Phi) is 5.70. The minimum atomic E-state index is -0.951. The molecule has 0 radical (unpaired) electrons. The van der Waals surface area contributed by atoms with E-state index in [-0.39, 0.29) is 17.9 Å². The SMILES string of the molecule is COC(C)(C)CC(=O)NCCc1ccccc1C(=O)O. The van der Waals surface area contributed by atoms with Crippen LogP contribution in [0.25, 0.3) is 0 Å². The molecule has 2 N–H and O–H groups in total. The number of benzene rings is 1. The molecule has 0 fully saturated rings. The van der Waals surface area contributed by atoms with Gasteiger partial charge in [0.2, 0.25) is 5.91 Å². The van der Waals surface area contributed by atoms with Crippen LogP contribution in [0, 0.1) is 0 Å². The molecular weight excluding hydrogens is 258 g/mol. The van der Waals surface area contributed by atoms with Gasteiger partial charge in [-0.2, -0.15) is 0 Å². The van der Waals surface area contributed by atoms with Crippen LogP contribution in [0.1, 0.15) is 36.2 Å². The largest absolute Gasteiger partial charge is 0.478 e. The Hall–Kier alpha value is -1.88. The number of carbonyl (C=O) groups excluding carboxylic acids is 1. The number of amides is 1. The van der Waals surface area contributed by atoms with Crippen LogP contribution in [0.3, 0.4) is 0 Å². The smallest absolute Gasteiger partial charge is 0.335 e. The van der Waals surface area contributed by atoms with Crippen LogP contribution >= 0.6 is 0 Å². The molecule has 20 heavy (non-hydrogen) atoms. The van der Waals surface area contributed by atoms with Gasteiger partial charge in [-0.25, -0.2) is 4.79 Å². The molecular formula is C15H21NO4. The maximum Gasteiger partial charge on any atom is 0.335 e. The van der Waals surface area contributed by atoms with E-state index in [0.29, 0.717) is 18.5 Å². The Labute approximate surface area is 118 Å². The van der Waals surface area contributed by atoms with Gasteiger partial charge in [0, 0.05) is 13.7 Å². The Morgan fingerprint density at radius 2 is 1.95 bits per heavy atom. The molecule has 1 aromatic rings. The number of carboxylic acid groups (broad SMARTS) is 1. The standard InChI is InChI=1S/C15H21NO4/c1-15(2,20-3)10-13(17)16-9-8-11-6-4-5-7-12(11)14(18)19/h4-7H,8-10H2,1-3H3,(H,16,17)(H,18,19). The highest BCUT2D eigenvalue weighted by atomic mass is 16.5. The maximum atomic E-state index is 11.7. The van der Waals surface area contributed by atoms with Crippen molar-refractivity contribution in [2.24, 2.45) is 0 Å². The van der Waals surface area contributed by atoms with E-state index in [0.717, 1.165) is 0 Å². The van der Waals surface area contributed by atoms with Gasteiger partial charge in [0.15, 0.2) is 0 Å². The molecule has 0 aliphatic rings. The zero-order valence-corrected chi connectivity index (χ0v) is 12.1. The van der Waals surface area contributed by atoms with Crippen LogP contribution in [0.4, 0.5) is 0 Å². The van der Waals surface area contributed by atoms with Crippen molar-refractivity contribution in [1.82, 2.24) is 5.32 Å². The molecule has 5 nitrogen and oxygen atoms in total. The van der Waals surface area contributed by atoms with E-state index < -0.39 is 11.6 Å². The van der Waals surface area contributed by atoms with E-state index in [1.54, 1.807) is 31.4 Å². The van der Waals surface area contributed by atoms with Crippen LogP contribution < -0.4 is 5.32 Å². The molecule has 1 rings (SSSR count). The van der Waals surface area contributed by atoms with Crippen molar-refractivity contribution in [3.63, 3.8) is 0 Å². The van der Waals surface area contributed by atoms with Gasteiger partial charge in [-0.15, -0.1) is 0 Å². The first-order valence-corrected chi connectivity index (χ1v) is 6.49. The summed E-state index contributed by atoms with van der Waals surface area (Å²) in [6, 6.07) is 6.80. The quantitative estimate of drug-likeness (QED) is 0.798. The summed E-state index contributed by atoms with van der Waals surface area (Å²) in [5.74, 6) is -1.06. The van der Waals surface area contributed by atoms with E-state index in [2.05, 4.69) is 5.32 Å². The van der Waals surface area contributed by atoms with Gasteiger partial charge >= 0.3 is 5.97 Å². The summed E-state index contributed by atoms with van der Waals surface area (Å²) in [4.78, 5) is 22.8. The topological polar surface area (TPSA) is 75.6 Å². The summed E-state index contributed by atoms with van der Waals surface area (Å²) < 4.78 is 5.18. The lowest BCUT2D eigenvalue weighted by atomic mass is 10.0. The third-order valence-corrected chi connectivity index (χ3v) is 3.10. The number of nitrogens with one attached hydrogen (secondary N) is 1. The minimum Gasteiger partial charge on any atom is -0.478 e. The summed E-state index contributed by atoms with van der Waals surface area (Å²) in [5, 5.41) is 11.8. The lowest BCUT2D eigenvalue weighted by Crippen LogP contribution is -2.34. The third-order valence-electron chi connectivity index (χ3n) is 3.10. The van der Waals surface area contributed by atoms with E-state index in [9.17, 15) is 9.59 Å². The minimum absolute atomic E-state index is 0.107. The molecule has 0 saturated carbocycles. The van der Waals surface area contributed by atoms with E-state index in [4.69, 9.17) is 9.84 Å². The van der Waals surface area contributed by atoms with Crippen molar-refractivity contribution in [3.8, 4) is 0 Å². The highest BCUT2D eigenvalue weighted by Crippen LogP contribution is 2.12. The highest BCUT2D eigenvalue weighted by molar-refractivity contribution is 5.89. The van der Waals surface area contributed by atoms with Crippen LogP contribution in [-0.2, 0) is 16.0 Å². The molecule has 0 unspecified atom stereocenters. The first kappa shape index (κ1) is 16.2. The monoisotopic (exact) mass is 279 g/mol. The number of carboxylic acids is 1. The van der Waals surface area contributed by atoms with Gasteiger partial charge in [-0.1, -0.05) is 18.2 Å². The summed E-state index contributed by atoms with van der Waals surface area (Å²) in [6.07, 6.45) is 0.756. The van der Waals surface area contributed by atoms with Gasteiger partial charge in [0.1, 0.15) is 0 Å². The Morgan fingerprint density at radius 1 is 1.30 bits per heavy atom. The number of hydrogen-bond donors (Lipinski definition) is 2. The number of rotatable bonds is 7. The number of hydrogen-bond acceptors (Lipinski definition) is 3. The average molecular weight is 279 g/mol. The predicted octanol–water partition coefficient (Wildman–Crippen LogP) is 1.86. The summed E-state index contributed by atoms with van der Waals surface area (Å²) >= 11 is 0. The molecule has 0 heterocycles. The van der Waals surface area contributed by atoms with Gasteiger partial charge < -0.3 is 15.2 Å². The summed E-state index contributed by atoms with van der Waals surface area (Å²) in [7, 11) is 1.57. The Bertz CT molecular complexity index is 483. The van der Waals surface area contributed by atoms with Crippen molar-refractivity contribution in [2.45, 2.75) is 32.3 Å². The third kappa shape index (κ3) is 5.01. The maximum absolute atomic E-state index is 11.7. The van der Waals surface area contributed by atoms with Gasteiger partial charge in [0.05, 0.1) is 17.6 Å². The lowest BCUT2D eigenvalue weighted by molar-refractivity contribution is -0.126. The lowest BCUT2D eigenvalue weighted by Gasteiger charge is -2.21. The van der Waals surface area contributed by atoms with Gasteiger partial charge in [0.25, 0.3) is 0 Å². The first-order chi connectivity index (χ1) is 9.35. The van der Waals surface area contributed by atoms with Crippen LogP contribution in [0.5, 0.6) is 0 Å². The molecule has 1 amide bonds. The van der Waals surface area contributed by atoms with Crippen molar-refractivity contribution >= 4 is 11.9 Å².